The van der Waals surface area contributed by atoms with Crippen LogP contribution in [0.4, 0.5) is 0 Å². The Morgan fingerprint density at radius 1 is 1.00 bits per heavy atom. The third-order valence-electron chi connectivity index (χ3n) is 0. The van der Waals surface area contributed by atoms with Crippen LogP contribution in [0.1, 0.15) is 0 Å². The van der Waals surface area contributed by atoms with E-state index in [-0.39, 0.29) is 48.1 Å². The van der Waals surface area contributed by atoms with Crippen molar-refractivity contribution in [1.82, 2.24) is 0 Å². The summed E-state index contributed by atoms with van der Waals surface area (Å²) in [5.41, 5.74) is 0. The smallest absolute Gasteiger partial charge is 0.813 e. The number of rotatable bonds is 0. The molecule has 3 heteroatoms. The zero-order valence-corrected chi connectivity index (χ0v) is 8.04. The van der Waals surface area contributed by atoms with Crippen LogP contribution < -0.4 is 0 Å². The molecule has 0 unspecified atom stereocenters. The molecule has 0 spiro atoms. The number of thiol groups is 2. The predicted molar refractivity (Wildman–Crippen MR) is 35.0 cm³/mol. The Kier molecular flexibility index (Phi) is 57.2. The molecule has 0 saturated carbocycles. The molecule has 0 atom stereocenters. The van der Waals surface area contributed by atoms with Crippen molar-refractivity contribution >= 4 is 48.1 Å². The van der Waals surface area contributed by atoms with E-state index in [2.05, 4.69) is 9.88 Å². The van der Waals surface area contributed by atoms with Gasteiger partial charge in [-0.15, -0.1) is 0 Å². The molecule has 0 bridgehead atoms. The van der Waals surface area contributed by atoms with Gasteiger partial charge in [0.15, 0.2) is 0 Å². The number of hydrogen-bond donors (Lipinski definition) is 0. The van der Waals surface area contributed by atoms with E-state index in [1.165, 1.54) is 0 Å². The van der Waals surface area contributed by atoms with Gasteiger partial charge in [0.1, 0.15) is 0 Å². The fraction of sp³-hybridized carbons (Fsp3) is 1.00. The second kappa shape index (κ2) is 17.8. The molecule has 0 radical (unpaired) electrons. The van der Waals surface area contributed by atoms with E-state index in [9.17, 15) is 0 Å². The minimum atomic E-state index is 0. The van der Waals surface area contributed by atoms with Crippen LogP contribution in [0.5, 0.6) is 0 Å². The average Bonchev–Trinajstić information content (AvgIpc) is 0.918. The Morgan fingerprint density at radius 2 is 1.00 bits per heavy atom. The van der Waals surface area contributed by atoms with Crippen LogP contribution in [0.25, 0.3) is 0 Å². The summed E-state index contributed by atoms with van der Waals surface area (Å²) in [4.78, 5) is 4.59. The maximum absolute atomic E-state index is 2.30. The molecule has 5 heavy (non-hydrogen) atoms. The van der Waals surface area contributed by atoms with Crippen molar-refractivity contribution < 1.29 is 0 Å². The number of hydrogen-bond acceptors (Lipinski definition) is 2. The molecule has 0 nitrogen and oxygen atoms in total. The molecule has 0 aromatic rings. The van der Waals surface area contributed by atoms with Crippen molar-refractivity contribution in [3.05, 3.63) is 0 Å². The Bertz CT molecular complexity index is 7.61. The minimum Gasteiger partial charge on any atom is -0.813 e. The van der Waals surface area contributed by atoms with Gasteiger partial charge in [-0.3, -0.25) is 0 Å². The molecule has 32 valence electrons. The van der Waals surface area contributed by atoms with Gasteiger partial charge in [0.2, 0.25) is 0 Å². The fourth-order valence-corrected chi connectivity index (χ4v) is 0. The Labute approximate surface area is 57.8 Å². The van der Waals surface area contributed by atoms with Gasteiger partial charge in [-0.05, 0) is 0 Å². The van der Waals surface area contributed by atoms with Gasteiger partial charge in [-0.1, -0.05) is 0 Å². The first-order chi connectivity index (χ1) is 1.41. The van der Waals surface area contributed by atoms with E-state index in [1.807, 2.05) is 0 Å². The maximum Gasteiger partial charge on any atom is -0.813 e. The minimum absolute atomic E-state index is 0. The first-order valence-electron chi connectivity index (χ1n) is 1.00. The summed E-state index contributed by atoms with van der Waals surface area (Å²) in [6, 6.07) is 0. The third kappa shape index (κ3) is 30.0. The summed E-state index contributed by atoms with van der Waals surface area (Å²) in [5.74, 6) is 0. The van der Waals surface area contributed by atoms with E-state index >= 15 is 0 Å². The molecular weight excluding hydrogens is 207 g/mol. The molecule has 0 aromatic carbocycles. The molecule has 0 amide bonds. The van der Waals surface area contributed by atoms with Crippen molar-refractivity contribution in [3.63, 3.8) is 0 Å². The zero-order valence-electron chi connectivity index (χ0n) is 3.39. The molecular formula is C2H8S2Sn. The van der Waals surface area contributed by atoms with Crippen LogP contribution >= 0.6 is 0 Å². The SMILES string of the molecule is [CH3][Sn+2][CH3].[SH-].[SH-]. The van der Waals surface area contributed by atoms with Crippen molar-refractivity contribution in [2.45, 2.75) is 9.88 Å². The molecule has 0 N–H and O–H groups in total. The van der Waals surface area contributed by atoms with Crippen LogP contribution in [0.15, 0.2) is 0 Å². The predicted octanol–water partition coefficient (Wildman–Crippen LogP) is 0.247. The Hall–Kier alpha value is 1.50. The van der Waals surface area contributed by atoms with Gasteiger partial charge in [0.25, 0.3) is 0 Å². The molecule has 0 saturated heterocycles. The third-order valence-corrected chi connectivity index (χ3v) is 0. The molecule has 0 aliphatic heterocycles. The topological polar surface area (TPSA) is 0 Å². The van der Waals surface area contributed by atoms with E-state index < -0.39 is 0 Å². The molecule has 0 aliphatic carbocycles. The molecule has 0 aromatic heterocycles. The van der Waals surface area contributed by atoms with Gasteiger partial charge in [-0.2, -0.15) is 0 Å². The van der Waals surface area contributed by atoms with E-state index in [0.29, 0.717) is 0 Å². The molecule has 0 heterocycles. The normalized spacial score (nSPS) is 2.00. The van der Waals surface area contributed by atoms with Gasteiger partial charge >= 0.3 is 31.0 Å². The second-order valence-electron chi connectivity index (χ2n) is 0.500. The van der Waals surface area contributed by atoms with Crippen LogP contribution in [-0.2, 0) is 27.0 Å². The maximum atomic E-state index is 2.30. The van der Waals surface area contributed by atoms with Crippen LogP contribution in [-0.4, -0.2) is 21.1 Å². The summed E-state index contributed by atoms with van der Waals surface area (Å²) in [5, 5.41) is 0. The monoisotopic (exact) mass is 216 g/mol. The second-order valence-corrected chi connectivity index (χ2v) is 3.35. The standard InChI is InChI=1S/2CH3.2H2S.Sn/h2*1H3;2*1H2;/q;;;;+2/p-2. The first kappa shape index (κ1) is 16.1. The zero-order chi connectivity index (χ0) is 2.71. The van der Waals surface area contributed by atoms with E-state index in [4.69, 9.17) is 0 Å². The van der Waals surface area contributed by atoms with Crippen molar-refractivity contribution in [3.8, 4) is 0 Å². The van der Waals surface area contributed by atoms with Crippen LogP contribution in [0.3, 0.4) is 0 Å². The summed E-state index contributed by atoms with van der Waals surface area (Å²) in [6.45, 7) is 0. The van der Waals surface area contributed by atoms with Crippen molar-refractivity contribution in [2.75, 3.05) is 0 Å². The summed E-state index contributed by atoms with van der Waals surface area (Å²) in [6.07, 6.45) is 0. The molecule has 0 rings (SSSR count). The van der Waals surface area contributed by atoms with Gasteiger partial charge in [0.05, 0.1) is 0 Å². The molecule has 0 aliphatic rings. The average molecular weight is 215 g/mol. The van der Waals surface area contributed by atoms with Gasteiger partial charge in [-0.25, -0.2) is 0 Å². The van der Waals surface area contributed by atoms with E-state index in [1.54, 1.807) is 0 Å². The fourth-order valence-electron chi connectivity index (χ4n) is 0. The Balaban J connectivity index is -0.0000000200. The van der Waals surface area contributed by atoms with Crippen LogP contribution in [0, 0.1) is 0 Å². The van der Waals surface area contributed by atoms with Gasteiger partial charge < -0.3 is 27.0 Å². The van der Waals surface area contributed by atoms with Crippen molar-refractivity contribution in [1.29, 1.82) is 0 Å². The van der Waals surface area contributed by atoms with Gasteiger partial charge in [0, 0.05) is 0 Å². The largest absolute Gasteiger partial charge is 0.813 e. The van der Waals surface area contributed by atoms with E-state index in [0.717, 1.165) is 0 Å². The summed E-state index contributed by atoms with van der Waals surface area (Å²) >= 11 is 0.230. The van der Waals surface area contributed by atoms with Crippen LogP contribution in [0.2, 0.25) is 9.88 Å². The summed E-state index contributed by atoms with van der Waals surface area (Å²) < 4.78 is 0. The first-order valence-corrected chi connectivity index (χ1v) is 6.71. The Morgan fingerprint density at radius 3 is 1.00 bits per heavy atom. The molecule has 0 fully saturated rings. The quantitative estimate of drug-likeness (QED) is 0.322. The summed E-state index contributed by atoms with van der Waals surface area (Å²) in [7, 11) is 0. The van der Waals surface area contributed by atoms with Crippen molar-refractivity contribution in [2.24, 2.45) is 0 Å².